The minimum absolute atomic E-state index is 0.254. The van der Waals surface area contributed by atoms with Crippen LogP contribution in [0.4, 0.5) is 8.78 Å². The number of pyridine rings is 2. The summed E-state index contributed by atoms with van der Waals surface area (Å²) in [6.45, 7) is 4.53. The molecule has 0 amide bonds. The summed E-state index contributed by atoms with van der Waals surface area (Å²) in [5.41, 5.74) is 1.54. The first-order valence-electron chi connectivity index (χ1n) is 12.6. The molecule has 1 N–H and O–H groups in total. The monoisotopic (exact) mass is 566 g/mol. The SMILES string of the molecule is COc1nc2ccc(C(O)(c3cnc(C)n3C)c3cnc(C)n3C)cc2c(Cl)c1Cc1ccc(C(C)(F)F)nc1. The summed E-state index contributed by atoms with van der Waals surface area (Å²) in [4.78, 5) is 17.4. The molecule has 40 heavy (non-hydrogen) atoms. The molecule has 0 aliphatic rings. The van der Waals surface area contributed by atoms with Crippen LogP contribution in [0.5, 0.6) is 5.88 Å². The van der Waals surface area contributed by atoms with Crippen LogP contribution in [0.3, 0.4) is 0 Å². The van der Waals surface area contributed by atoms with Crippen LogP contribution in [0.15, 0.2) is 48.9 Å². The lowest BCUT2D eigenvalue weighted by molar-refractivity contribution is 0.0127. The molecule has 0 saturated carbocycles. The molecule has 0 bridgehead atoms. The third-order valence-corrected chi connectivity index (χ3v) is 7.86. The number of nitrogens with zero attached hydrogens (tertiary/aromatic N) is 6. The number of aryl methyl sites for hydroxylation is 2. The van der Waals surface area contributed by atoms with Crippen molar-refractivity contribution in [3.63, 3.8) is 0 Å². The molecule has 0 aliphatic carbocycles. The van der Waals surface area contributed by atoms with Gasteiger partial charge >= 0.3 is 0 Å². The van der Waals surface area contributed by atoms with E-state index in [1.165, 1.54) is 19.4 Å². The van der Waals surface area contributed by atoms with Crippen molar-refractivity contribution in [3.05, 3.63) is 99.4 Å². The molecule has 11 heteroatoms. The van der Waals surface area contributed by atoms with Gasteiger partial charge in [-0.3, -0.25) is 4.98 Å². The predicted molar refractivity (Wildman–Crippen MR) is 148 cm³/mol. The fraction of sp³-hybridized carbons (Fsp3) is 0.310. The minimum Gasteiger partial charge on any atom is -0.481 e. The highest BCUT2D eigenvalue weighted by Crippen LogP contribution is 2.41. The second-order valence-electron chi connectivity index (χ2n) is 9.97. The molecule has 0 atom stereocenters. The van der Waals surface area contributed by atoms with Crippen LogP contribution in [-0.2, 0) is 32.0 Å². The molecular weight excluding hydrogens is 538 g/mol. The number of halogens is 3. The Kier molecular flexibility index (Phi) is 6.87. The Balaban J connectivity index is 1.68. The van der Waals surface area contributed by atoms with E-state index in [2.05, 4.69) is 19.9 Å². The summed E-state index contributed by atoms with van der Waals surface area (Å²) in [5.74, 6) is -1.25. The molecule has 8 nitrogen and oxygen atoms in total. The molecule has 0 radical (unpaired) electrons. The van der Waals surface area contributed by atoms with Crippen LogP contribution in [0.2, 0.25) is 5.02 Å². The quantitative estimate of drug-likeness (QED) is 0.285. The molecule has 208 valence electrons. The number of hydrogen-bond acceptors (Lipinski definition) is 6. The number of imidazole rings is 2. The first-order valence-corrected chi connectivity index (χ1v) is 12.9. The standard InChI is InChI=1S/C29H29ClF2N6O2/c1-16-33-14-24(37(16)4)29(39,25-15-34-17(2)38(25)5)19-8-9-22-20(12-19)26(30)21(27(36-22)40-6)11-18-7-10-23(35-13-18)28(3,31)32/h7-10,12-15,39H,11H2,1-6H3. The number of aliphatic hydroxyl groups is 1. The number of aromatic nitrogens is 6. The Morgan fingerprint density at radius 1 is 0.950 bits per heavy atom. The highest BCUT2D eigenvalue weighted by atomic mass is 35.5. The van der Waals surface area contributed by atoms with Crippen molar-refractivity contribution in [1.29, 1.82) is 0 Å². The molecule has 1 aromatic carbocycles. The van der Waals surface area contributed by atoms with Crippen LogP contribution in [-0.4, -0.2) is 41.3 Å². The molecule has 0 fully saturated rings. The van der Waals surface area contributed by atoms with E-state index in [4.69, 9.17) is 16.3 Å². The van der Waals surface area contributed by atoms with Gasteiger partial charge < -0.3 is 19.0 Å². The van der Waals surface area contributed by atoms with Gasteiger partial charge in [0.1, 0.15) is 17.3 Å². The molecule has 5 aromatic rings. The highest BCUT2D eigenvalue weighted by Gasteiger charge is 2.40. The normalized spacial score (nSPS) is 12.3. The van der Waals surface area contributed by atoms with Crippen molar-refractivity contribution in [2.24, 2.45) is 14.1 Å². The van der Waals surface area contributed by atoms with Gasteiger partial charge in [0.15, 0.2) is 5.60 Å². The number of hydrogen-bond donors (Lipinski definition) is 1. The Morgan fingerprint density at radius 3 is 2.05 bits per heavy atom. The third kappa shape index (κ3) is 4.50. The van der Waals surface area contributed by atoms with Crippen LogP contribution in [0.25, 0.3) is 10.9 Å². The lowest BCUT2D eigenvalue weighted by Gasteiger charge is -2.30. The molecule has 0 spiro atoms. The molecule has 4 aromatic heterocycles. The van der Waals surface area contributed by atoms with E-state index in [0.29, 0.717) is 49.9 Å². The second kappa shape index (κ2) is 9.94. The van der Waals surface area contributed by atoms with Gasteiger partial charge in [-0.15, -0.1) is 0 Å². The van der Waals surface area contributed by atoms with E-state index < -0.39 is 11.5 Å². The minimum atomic E-state index is -3.04. The Bertz CT molecular complexity index is 1680. The average molecular weight is 567 g/mol. The maximum atomic E-state index is 13.7. The summed E-state index contributed by atoms with van der Waals surface area (Å²) in [6.07, 6.45) is 4.95. The first kappa shape index (κ1) is 27.7. The van der Waals surface area contributed by atoms with E-state index in [9.17, 15) is 13.9 Å². The van der Waals surface area contributed by atoms with Gasteiger partial charge in [-0.25, -0.2) is 15.0 Å². The van der Waals surface area contributed by atoms with E-state index in [1.807, 2.05) is 37.1 Å². The van der Waals surface area contributed by atoms with E-state index >= 15 is 0 Å². The zero-order chi connectivity index (χ0) is 29.0. The summed E-state index contributed by atoms with van der Waals surface area (Å²) < 4.78 is 36.5. The Morgan fingerprint density at radius 2 is 1.57 bits per heavy atom. The summed E-state index contributed by atoms with van der Waals surface area (Å²) >= 11 is 6.99. The van der Waals surface area contributed by atoms with Gasteiger partial charge in [-0.1, -0.05) is 23.7 Å². The van der Waals surface area contributed by atoms with E-state index in [1.54, 1.807) is 36.7 Å². The summed E-state index contributed by atoms with van der Waals surface area (Å²) in [7, 11) is 5.19. The van der Waals surface area contributed by atoms with Crippen molar-refractivity contribution in [2.45, 2.75) is 38.7 Å². The second-order valence-corrected chi connectivity index (χ2v) is 10.4. The van der Waals surface area contributed by atoms with Crippen LogP contribution in [0.1, 0.15) is 52.3 Å². The number of fused-ring (bicyclic) bond motifs is 1. The number of benzene rings is 1. The Labute approximate surface area is 235 Å². The smallest absolute Gasteiger partial charge is 0.286 e. The maximum Gasteiger partial charge on any atom is 0.286 e. The molecule has 5 rings (SSSR count). The average Bonchev–Trinajstić information content (AvgIpc) is 3.45. The van der Waals surface area contributed by atoms with Gasteiger partial charge in [-0.05, 0) is 43.2 Å². The van der Waals surface area contributed by atoms with Crippen molar-refractivity contribution in [1.82, 2.24) is 29.1 Å². The maximum absolute atomic E-state index is 13.7. The van der Waals surface area contributed by atoms with E-state index in [0.717, 1.165) is 18.6 Å². The molecule has 0 saturated heterocycles. The molecule has 4 heterocycles. The van der Waals surface area contributed by atoms with Crippen LogP contribution in [0, 0.1) is 13.8 Å². The number of ether oxygens (including phenoxy) is 1. The third-order valence-electron chi connectivity index (χ3n) is 7.43. The van der Waals surface area contributed by atoms with Gasteiger partial charge in [-0.2, -0.15) is 8.78 Å². The first-order chi connectivity index (χ1) is 18.9. The fourth-order valence-corrected chi connectivity index (χ4v) is 5.19. The lowest BCUT2D eigenvalue weighted by atomic mass is 9.86. The fourth-order valence-electron chi connectivity index (χ4n) is 4.89. The molecule has 0 aliphatic heterocycles. The number of rotatable bonds is 7. The van der Waals surface area contributed by atoms with Gasteiger partial charge in [0, 0.05) is 44.6 Å². The molecular formula is C29H29ClF2N6O2. The van der Waals surface area contributed by atoms with Gasteiger partial charge in [0.2, 0.25) is 5.88 Å². The lowest BCUT2D eigenvalue weighted by Crippen LogP contribution is -2.33. The van der Waals surface area contributed by atoms with Crippen molar-refractivity contribution in [3.8, 4) is 5.88 Å². The largest absolute Gasteiger partial charge is 0.481 e. The van der Waals surface area contributed by atoms with Gasteiger partial charge in [0.05, 0.1) is 41.4 Å². The Hall–Kier alpha value is -3.89. The number of alkyl halides is 2. The van der Waals surface area contributed by atoms with E-state index in [-0.39, 0.29) is 12.1 Å². The van der Waals surface area contributed by atoms with Crippen molar-refractivity contribution >= 4 is 22.5 Å². The van der Waals surface area contributed by atoms with Gasteiger partial charge in [0.25, 0.3) is 5.92 Å². The predicted octanol–water partition coefficient (Wildman–Crippen LogP) is 5.36. The number of methoxy groups -OCH3 is 1. The molecule has 0 unspecified atom stereocenters. The summed E-state index contributed by atoms with van der Waals surface area (Å²) in [5, 5.41) is 13.4. The summed E-state index contributed by atoms with van der Waals surface area (Å²) in [6, 6.07) is 8.26. The highest BCUT2D eigenvalue weighted by molar-refractivity contribution is 6.36. The van der Waals surface area contributed by atoms with Crippen molar-refractivity contribution < 1.29 is 18.6 Å². The zero-order valence-corrected chi connectivity index (χ0v) is 23.8. The topological polar surface area (TPSA) is 90.9 Å². The van der Waals surface area contributed by atoms with Crippen LogP contribution < -0.4 is 4.74 Å². The van der Waals surface area contributed by atoms with Crippen molar-refractivity contribution in [2.75, 3.05) is 7.11 Å². The van der Waals surface area contributed by atoms with Crippen LogP contribution >= 0.6 is 11.6 Å². The zero-order valence-electron chi connectivity index (χ0n) is 23.0.